The van der Waals surface area contributed by atoms with Gasteiger partial charge in [0.05, 0.1) is 6.04 Å². The third-order valence-corrected chi connectivity index (χ3v) is 5.73. The van der Waals surface area contributed by atoms with E-state index in [1.807, 2.05) is 19.1 Å². The Morgan fingerprint density at radius 2 is 1.86 bits per heavy atom. The highest BCUT2D eigenvalue weighted by atomic mass is 35.5. The molecule has 2 atom stereocenters. The summed E-state index contributed by atoms with van der Waals surface area (Å²) in [4.78, 5) is 14.3. The first-order chi connectivity index (χ1) is 13.3. The number of halogens is 4. The van der Waals surface area contributed by atoms with Crippen LogP contribution < -0.4 is 5.32 Å². The van der Waals surface area contributed by atoms with Crippen molar-refractivity contribution in [2.45, 2.75) is 44.4 Å². The van der Waals surface area contributed by atoms with E-state index in [0.29, 0.717) is 13.1 Å². The lowest BCUT2D eigenvalue weighted by Gasteiger charge is -2.33. The fourth-order valence-electron chi connectivity index (χ4n) is 3.81. The molecule has 2 unspecified atom stereocenters. The Bertz CT molecular complexity index is 888. The Kier molecular flexibility index (Phi) is 4.77. The van der Waals surface area contributed by atoms with E-state index in [0.717, 1.165) is 28.7 Å². The van der Waals surface area contributed by atoms with E-state index in [9.17, 15) is 18.0 Å². The van der Waals surface area contributed by atoms with Gasteiger partial charge in [0.25, 0.3) is 5.91 Å². The standard InChI is InChI=1S/C19H20ClF3N4O/c1-11-4-6-12(7-5-11)13-10-14(19(21,22)23)27-17(24-13)15(20)16(25-27)18(28)26-8-2-3-9-26/h4-7,13-14,24H,2-3,8-10H2,1H3. The predicted molar refractivity (Wildman–Crippen MR) is 99.6 cm³/mol. The lowest BCUT2D eigenvalue weighted by atomic mass is 9.96. The zero-order chi connectivity index (χ0) is 20.1. The average Bonchev–Trinajstić information content (AvgIpc) is 3.29. The topological polar surface area (TPSA) is 50.2 Å². The molecule has 0 spiro atoms. The lowest BCUT2D eigenvalue weighted by molar-refractivity contribution is -0.173. The molecule has 4 rings (SSSR count). The third kappa shape index (κ3) is 3.34. The van der Waals surface area contributed by atoms with Crippen LogP contribution in [0.2, 0.25) is 5.02 Å². The summed E-state index contributed by atoms with van der Waals surface area (Å²) >= 11 is 6.35. The average molecular weight is 413 g/mol. The van der Waals surface area contributed by atoms with Crippen LogP contribution in [0.15, 0.2) is 24.3 Å². The number of amides is 1. The molecular formula is C19H20ClF3N4O. The number of aromatic nitrogens is 2. The normalized spacial score (nSPS) is 22.1. The quantitative estimate of drug-likeness (QED) is 0.775. The van der Waals surface area contributed by atoms with Crippen molar-refractivity contribution in [3.05, 3.63) is 46.1 Å². The second-order valence-corrected chi connectivity index (χ2v) is 7.73. The number of rotatable bonds is 2. The number of carbonyl (C=O) groups is 1. The van der Waals surface area contributed by atoms with Crippen molar-refractivity contribution in [3.63, 3.8) is 0 Å². The van der Waals surface area contributed by atoms with Crippen molar-refractivity contribution in [3.8, 4) is 0 Å². The minimum absolute atomic E-state index is 0.0448. The van der Waals surface area contributed by atoms with Gasteiger partial charge in [-0.3, -0.25) is 4.79 Å². The van der Waals surface area contributed by atoms with Crippen molar-refractivity contribution in [2.24, 2.45) is 0 Å². The van der Waals surface area contributed by atoms with E-state index >= 15 is 0 Å². The molecule has 1 amide bonds. The van der Waals surface area contributed by atoms with E-state index in [1.54, 1.807) is 17.0 Å². The minimum atomic E-state index is -4.51. The fraction of sp³-hybridized carbons (Fsp3) is 0.474. The second kappa shape index (κ2) is 6.99. The summed E-state index contributed by atoms with van der Waals surface area (Å²) in [6, 6.07) is 4.88. The molecule has 28 heavy (non-hydrogen) atoms. The predicted octanol–water partition coefficient (Wildman–Crippen LogP) is 4.74. The van der Waals surface area contributed by atoms with Crippen LogP contribution in [0.4, 0.5) is 19.0 Å². The molecule has 0 bridgehead atoms. The highest BCUT2D eigenvalue weighted by molar-refractivity contribution is 6.36. The number of anilines is 1. The maximum atomic E-state index is 13.8. The van der Waals surface area contributed by atoms with Crippen LogP contribution in [0.5, 0.6) is 0 Å². The molecule has 9 heteroatoms. The Balaban J connectivity index is 1.73. The van der Waals surface area contributed by atoms with Gasteiger partial charge in [0.1, 0.15) is 10.8 Å². The van der Waals surface area contributed by atoms with Crippen molar-refractivity contribution in [1.29, 1.82) is 0 Å². The van der Waals surface area contributed by atoms with Crippen LogP contribution in [0, 0.1) is 6.92 Å². The Morgan fingerprint density at radius 1 is 1.21 bits per heavy atom. The van der Waals surface area contributed by atoms with Gasteiger partial charge in [-0.25, -0.2) is 4.68 Å². The largest absolute Gasteiger partial charge is 0.410 e. The number of carbonyl (C=O) groups excluding carboxylic acids is 1. The molecule has 5 nitrogen and oxygen atoms in total. The zero-order valence-electron chi connectivity index (χ0n) is 15.3. The number of alkyl halides is 3. The van der Waals surface area contributed by atoms with E-state index < -0.39 is 24.2 Å². The molecule has 2 aliphatic heterocycles. The molecule has 0 aliphatic carbocycles. The summed E-state index contributed by atoms with van der Waals surface area (Å²) in [6.45, 7) is 3.05. The number of likely N-dealkylation sites (tertiary alicyclic amines) is 1. The van der Waals surface area contributed by atoms with Crippen molar-refractivity contribution >= 4 is 23.3 Å². The number of hydrogen-bond acceptors (Lipinski definition) is 3. The van der Waals surface area contributed by atoms with Gasteiger partial charge in [0, 0.05) is 19.5 Å². The SMILES string of the molecule is Cc1ccc(C2CC(C(F)(F)F)n3nc(C(=O)N4CCCC4)c(Cl)c3N2)cc1. The van der Waals surface area contributed by atoms with Gasteiger partial charge in [-0.05, 0) is 25.3 Å². The van der Waals surface area contributed by atoms with E-state index in [-0.39, 0.29) is 23.0 Å². The molecule has 2 aliphatic rings. The molecule has 0 radical (unpaired) electrons. The molecule has 1 aromatic carbocycles. The van der Waals surface area contributed by atoms with Gasteiger partial charge in [-0.15, -0.1) is 0 Å². The van der Waals surface area contributed by atoms with E-state index in [1.165, 1.54) is 0 Å². The molecule has 3 heterocycles. The molecule has 0 saturated carbocycles. The molecular weight excluding hydrogens is 393 g/mol. The Hall–Kier alpha value is -2.22. The highest BCUT2D eigenvalue weighted by Crippen LogP contribution is 2.46. The molecule has 1 aromatic heterocycles. The monoisotopic (exact) mass is 412 g/mol. The summed E-state index contributed by atoms with van der Waals surface area (Å²) in [6.07, 6.45) is -3.00. The van der Waals surface area contributed by atoms with Crippen LogP contribution in [-0.2, 0) is 0 Å². The number of aryl methyl sites for hydroxylation is 1. The smallest absolute Gasteiger partial charge is 0.362 e. The van der Waals surface area contributed by atoms with Crippen LogP contribution in [0.1, 0.15) is 53.0 Å². The van der Waals surface area contributed by atoms with E-state index in [2.05, 4.69) is 10.4 Å². The summed E-state index contributed by atoms with van der Waals surface area (Å²) < 4.78 is 42.2. The van der Waals surface area contributed by atoms with Crippen LogP contribution in [-0.4, -0.2) is 39.9 Å². The summed E-state index contributed by atoms with van der Waals surface area (Å²) in [7, 11) is 0. The van der Waals surface area contributed by atoms with Gasteiger partial charge < -0.3 is 10.2 Å². The maximum Gasteiger partial charge on any atom is 0.410 e. The number of fused-ring (bicyclic) bond motifs is 1. The molecule has 1 saturated heterocycles. The van der Waals surface area contributed by atoms with Crippen LogP contribution in [0.3, 0.4) is 0 Å². The highest BCUT2D eigenvalue weighted by Gasteiger charge is 2.48. The van der Waals surface area contributed by atoms with Crippen molar-refractivity contribution < 1.29 is 18.0 Å². The molecule has 1 N–H and O–H groups in total. The number of benzene rings is 1. The fourth-order valence-corrected chi connectivity index (χ4v) is 4.07. The minimum Gasteiger partial charge on any atom is -0.362 e. The van der Waals surface area contributed by atoms with Crippen LogP contribution >= 0.6 is 11.6 Å². The first-order valence-corrected chi connectivity index (χ1v) is 9.60. The maximum absolute atomic E-state index is 13.8. The Morgan fingerprint density at radius 3 is 2.46 bits per heavy atom. The summed E-state index contributed by atoms with van der Waals surface area (Å²) in [5.41, 5.74) is 1.63. The van der Waals surface area contributed by atoms with Gasteiger partial charge in [-0.1, -0.05) is 41.4 Å². The second-order valence-electron chi connectivity index (χ2n) is 7.36. The summed E-state index contributed by atoms with van der Waals surface area (Å²) in [5, 5.41) is 7.01. The van der Waals surface area contributed by atoms with Gasteiger partial charge in [0.15, 0.2) is 11.7 Å². The lowest BCUT2D eigenvalue weighted by Crippen LogP contribution is -2.36. The number of nitrogens with one attached hydrogen (secondary N) is 1. The van der Waals surface area contributed by atoms with Crippen molar-refractivity contribution in [2.75, 3.05) is 18.4 Å². The zero-order valence-corrected chi connectivity index (χ0v) is 16.0. The first kappa shape index (κ1) is 19.1. The third-order valence-electron chi connectivity index (χ3n) is 5.37. The first-order valence-electron chi connectivity index (χ1n) is 9.23. The molecule has 2 aromatic rings. The number of nitrogens with zero attached hydrogens (tertiary/aromatic N) is 3. The van der Waals surface area contributed by atoms with Crippen LogP contribution in [0.25, 0.3) is 0 Å². The summed E-state index contributed by atoms with van der Waals surface area (Å²) in [5.74, 6) is -0.373. The van der Waals surface area contributed by atoms with Crippen molar-refractivity contribution in [1.82, 2.24) is 14.7 Å². The van der Waals surface area contributed by atoms with Gasteiger partial charge in [-0.2, -0.15) is 18.3 Å². The molecule has 1 fully saturated rings. The van der Waals surface area contributed by atoms with Gasteiger partial charge in [0.2, 0.25) is 0 Å². The Labute approximate surface area is 165 Å². The van der Waals surface area contributed by atoms with E-state index in [4.69, 9.17) is 11.6 Å². The number of hydrogen-bond donors (Lipinski definition) is 1. The van der Waals surface area contributed by atoms with Gasteiger partial charge >= 0.3 is 6.18 Å². The molecule has 150 valence electrons.